The van der Waals surface area contributed by atoms with E-state index in [4.69, 9.17) is 23.7 Å². The predicted octanol–water partition coefficient (Wildman–Crippen LogP) is -1.43. The first-order valence-corrected chi connectivity index (χ1v) is 9.38. The zero-order valence-electron chi connectivity index (χ0n) is 16.2. The average Bonchev–Trinajstić information content (AvgIpc) is 3.28. The second-order valence-electron chi connectivity index (χ2n) is 7.38. The number of rotatable bonds is 9. The molecule has 0 aromatic carbocycles. The van der Waals surface area contributed by atoms with Crippen molar-refractivity contribution in [2.75, 3.05) is 27.4 Å². The average molecular weight is 365 g/mol. The van der Waals surface area contributed by atoms with Gasteiger partial charge < -0.3 is 23.7 Å². The summed E-state index contributed by atoms with van der Waals surface area (Å²) in [5, 5.41) is 8.44. The van der Waals surface area contributed by atoms with Crippen LogP contribution >= 0.6 is 0 Å². The number of hydrogen-bond donors (Lipinski definition) is 0. The highest BCUT2D eigenvalue weighted by Crippen LogP contribution is 2.26. The van der Waals surface area contributed by atoms with Crippen molar-refractivity contribution in [2.45, 2.75) is 56.3 Å². The topological polar surface area (TPSA) is 76.9 Å². The van der Waals surface area contributed by atoms with Gasteiger partial charge >= 0.3 is 0 Å². The molecule has 0 saturated carbocycles. The number of ether oxygens (including phenoxy) is 5. The minimum absolute atomic E-state index is 0.0167. The molecule has 0 radical (unpaired) electrons. The Morgan fingerprint density at radius 3 is 2.69 bits per heavy atom. The maximum Gasteiger partial charge on any atom is 0.139 e. The molecule has 8 nitrogen and oxygen atoms in total. The lowest BCUT2D eigenvalue weighted by Crippen LogP contribution is -2.28. The quantitative estimate of drug-likeness (QED) is 0.497. The van der Waals surface area contributed by atoms with Gasteiger partial charge in [0.15, 0.2) is 0 Å². The van der Waals surface area contributed by atoms with E-state index in [1.807, 2.05) is 10.9 Å². The first-order chi connectivity index (χ1) is 12.6. The van der Waals surface area contributed by atoms with Crippen LogP contribution in [0.25, 0.3) is 0 Å². The second-order valence-corrected chi connectivity index (χ2v) is 7.38. The Labute approximate surface area is 156 Å². The standard InChI is InChI=1S/C16H29B2N3O5/c1-22-8-13-10(3-15(17)25-13)5-21-6-11(19-20-21)7-24-9-14-12(23-2)4-16(18)26-14/h6,10,12-16H,3-5,7-9,17-18H2,1-2H3/t10?,12?,13-,14-,15-,16-/m1/s1. The van der Waals surface area contributed by atoms with Crippen molar-refractivity contribution >= 4 is 15.7 Å². The summed E-state index contributed by atoms with van der Waals surface area (Å²) < 4.78 is 30.1. The minimum atomic E-state index is -0.0167. The van der Waals surface area contributed by atoms with Gasteiger partial charge in [-0.05, 0) is 12.8 Å². The van der Waals surface area contributed by atoms with Crippen LogP contribution in [0.2, 0.25) is 0 Å². The molecular weight excluding hydrogens is 336 g/mol. The highest BCUT2D eigenvalue weighted by Gasteiger charge is 2.34. The van der Waals surface area contributed by atoms with E-state index in [1.165, 1.54) is 0 Å². The maximum atomic E-state index is 5.91. The van der Waals surface area contributed by atoms with Crippen molar-refractivity contribution in [1.82, 2.24) is 15.0 Å². The van der Waals surface area contributed by atoms with Gasteiger partial charge in [0.1, 0.15) is 27.5 Å². The van der Waals surface area contributed by atoms with Crippen molar-refractivity contribution in [3.05, 3.63) is 11.9 Å². The van der Waals surface area contributed by atoms with Crippen molar-refractivity contribution in [3.63, 3.8) is 0 Å². The third kappa shape index (κ3) is 5.07. The van der Waals surface area contributed by atoms with E-state index >= 15 is 0 Å². The fraction of sp³-hybridized carbons (Fsp3) is 0.875. The smallest absolute Gasteiger partial charge is 0.139 e. The van der Waals surface area contributed by atoms with Gasteiger partial charge in [0.25, 0.3) is 0 Å². The van der Waals surface area contributed by atoms with E-state index in [1.54, 1.807) is 14.2 Å². The second kappa shape index (κ2) is 9.32. The van der Waals surface area contributed by atoms with E-state index < -0.39 is 0 Å². The molecule has 0 aliphatic carbocycles. The Morgan fingerprint density at radius 1 is 1.15 bits per heavy atom. The molecule has 3 rings (SSSR count). The Kier molecular flexibility index (Phi) is 7.11. The Morgan fingerprint density at radius 2 is 1.92 bits per heavy atom. The molecule has 144 valence electrons. The fourth-order valence-corrected chi connectivity index (χ4v) is 3.90. The van der Waals surface area contributed by atoms with Gasteiger partial charge in [0.2, 0.25) is 0 Å². The summed E-state index contributed by atoms with van der Waals surface area (Å²) in [7, 11) is 7.58. The summed E-state index contributed by atoms with van der Waals surface area (Å²) in [6.45, 7) is 2.31. The monoisotopic (exact) mass is 365 g/mol. The number of hydrogen-bond acceptors (Lipinski definition) is 7. The normalized spacial score (nSPS) is 34.5. The van der Waals surface area contributed by atoms with E-state index in [0.717, 1.165) is 25.1 Å². The van der Waals surface area contributed by atoms with E-state index in [-0.39, 0.29) is 30.3 Å². The minimum Gasteiger partial charge on any atom is -0.382 e. The van der Waals surface area contributed by atoms with Gasteiger partial charge in [-0.3, -0.25) is 4.68 Å². The van der Waals surface area contributed by atoms with Gasteiger partial charge in [-0.1, -0.05) is 5.21 Å². The van der Waals surface area contributed by atoms with E-state index in [2.05, 4.69) is 26.0 Å². The summed E-state index contributed by atoms with van der Waals surface area (Å²) in [6, 6.07) is 0.472. The molecule has 2 aliphatic heterocycles. The highest BCUT2D eigenvalue weighted by atomic mass is 16.6. The molecule has 2 unspecified atom stereocenters. The molecular formula is C16H29B2N3O5. The lowest BCUT2D eigenvalue weighted by atomic mass is 9.91. The summed E-state index contributed by atoms with van der Waals surface area (Å²) in [5.41, 5.74) is 0.820. The largest absolute Gasteiger partial charge is 0.382 e. The Balaban J connectivity index is 1.44. The summed E-state index contributed by atoms with van der Waals surface area (Å²) in [6.07, 6.45) is 4.06. The van der Waals surface area contributed by atoms with Gasteiger partial charge in [-0.2, -0.15) is 0 Å². The van der Waals surface area contributed by atoms with Crippen molar-refractivity contribution in [1.29, 1.82) is 0 Å². The maximum absolute atomic E-state index is 5.91. The molecule has 0 N–H and O–H groups in total. The van der Waals surface area contributed by atoms with Gasteiger partial charge in [-0.15, -0.1) is 5.10 Å². The summed E-state index contributed by atoms with van der Waals surface area (Å²) >= 11 is 0. The van der Waals surface area contributed by atoms with Crippen molar-refractivity contribution in [2.24, 2.45) is 5.92 Å². The zero-order chi connectivity index (χ0) is 18.5. The molecule has 0 amide bonds. The molecule has 2 fully saturated rings. The zero-order valence-corrected chi connectivity index (χ0v) is 16.2. The lowest BCUT2D eigenvalue weighted by molar-refractivity contribution is -0.0469. The molecule has 1 aromatic rings. The Hall–Kier alpha value is -0.930. The van der Waals surface area contributed by atoms with Crippen LogP contribution in [0.3, 0.4) is 0 Å². The van der Waals surface area contributed by atoms with Crippen LogP contribution in [-0.2, 0) is 36.8 Å². The molecule has 0 bridgehead atoms. The van der Waals surface area contributed by atoms with Crippen LogP contribution in [0.4, 0.5) is 0 Å². The van der Waals surface area contributed by atoms with Crippen LogP contribution in [0.15, 0.2) is 6.20 Å². The molecule has 10 heteroatoms. The first kappa shape index (κ1) is 19.8. The Bertz CT molecular complexity index is 564. The van der Waals surface area contributed by atoms with Crippen molar-refractivity contribution in [3.8, 4) is 0 Å². The molecule has 3 heterocycles. The molecule has 26 heavy (non-hydrogen) atoms. The third-order valence-corrected chi connectivity index (χ3v) is 5.13. The fourth-order valence-electron chi connectivity index (χ4n) is 3.90. The number of nitrogens with zero attached hydrogens (tertiary/aromatic N) is 3. The van der Waals surface area contributed by atoms with Crippen LogP contribution in [0, 0.1) is 5.92 Å². The van der Waals surface area contributed by atoms with Gasteiger partial charge in [0.05, 0.1) is 38.2 Å². The number of methoxy groups -OCH3 is 2. The third-order valence-electron chi connectivity index (χ3n) is 5.13. The summed E-state index contributed by atoms with van der Waals surface area (Å²) in [5.74, 6) is 0.385. The van der Waals surface area contributed by atoms with Crippen LogP contribution in [-0.4, -0.2) is 88.4 Å². The first-order valence-electron chi connectivity index (χ1n) is 9.38. The molecule has 0 spiro atoms. The molecule has 1 aromatic heterocycles. The lowest BCUT2D eigenvalue weighted by Gasteiger charge is -2.17. The van der Waals surface area contributed by atoms with E-state index in [9.17, 15) is 0 Å². The van der Waals surface area contributed by atoms with Crippen molar-refractivity contribution < 1.29 is 23.7 Å². The molecule has 2 saturated heterocycles. The molecule has 2 aliphatic rings. The SMILES string of the molecule is B[C@H]1CC(Cn2cc(COC[C@H]3O[C@@H](B)CC3OC)nn2)[C@@H](COC)O1. The van der Waals surface area contributed by atoms with Gasteiger partial charge in [-0.25, -0.2) is 0 Å². The van der Waals surface area contributed by atoms with E-state index in [0.29, 0.717) is 25.7 Å². The van der Waals surface area contributed by atoms with Gasteiger partial charge in [0, 0.05) is 38.7 Å². The van der Waals surface area contributed by atoms with Crippen LogP contribution < -0.4 is 0 Å². The highest BCUT2D eigenvalue weighted by molar-refractivity contribution is 6.11. The number of aromatic nitrogens is 3. The molecule has 6 atom stereocenters. The van der Waals surface area contributed by atoms with Crippen LogP contribution in [0.1, 0.15) is 18.5 Å². The van der Waals surface area contributed by atoms with Crippen LogP contribution in [0.5, 0.6) is 0 Å². The predicted molar refractivity (Wildman–Crippen MR) is 99.5 cm³/mol. The summed E-state index contributed by atoms with van der Waals surface area (Å²) in [4.78, 5) is 0.